The number of carbonyl (C=O) groups excluding carboxylic acids is 1. The fourth-order valence-corrected chi connectivity index (χ4v) is 3.74. The largest absolute Gasteiger partial charge is 0.349 e. The number of aromatic nitrogens is 1. The van der Waals surface area contributed by atoms with Crippen molar-refractivity contribution in [2.24, 2.45) is 0 Å². The summed E-state index contributed by atoms with van der Waals surface area (Å²) in [5.41, 5.74) is 0. The van der Waals surface area contributed by atoms with Crippen molar-refractivity contribution in [3.05, 3.63) is 34.0 Å². The fourth-order valence-electron chi connectivity index (χ4n) is 2.36. The predicted molar refractivity (Wildman–Crippen MR) is 79.1 cm³/mol. The van der Waals surface area contributed by atoms with Crippen LogP contribution in [0.1, 0.15) is 22.5 Å². The van der Waals surface area contributed by atoms with Crippen LogP contribution in [-0.4, -0.2) is 30.0 Å². The average Bonchev–Trinajstić information content (AvgIpc) is 3.14. The van der Waals surface area contributed by atoms with Gasteiger partial charge in [0.1, 0.15) is 0 Å². The van der Waals surface area contributed by atoms with Gasteiger partial charge >= 0.3 is 0 Å². The zero-order chi connectivity index (χ0) is 13.1. The van der Waals surface area contributed by atoms with Crippen molar-refractivity contribution in [3.8, 4) is 0 Å². The van der Waals surface area contributed by atoms with Gasteiger partial charge in [-0.05, 0) is 24.3 Å². The van der Waals surface area contributed by atoms with Crippen LogP contribution in [0.15, 0.2) is 29.1 Å². The minimum absolute atomic E-state index is 0.0287. The molecule has 19 heavy (non-hydrogen) atoms. The molecule has 4 nitrogen and oxygen atoms in total. The van der Waals surface area contributed by atoms with Crippen LogP contribution in [-0.2, 0) is 0 Å². The van der Waals surface area contributed by atoms with Crippen molar-refractivity contribution in [1.82, 2.24) is 10.3 Å². The van der Waals surface area contributed by atoms with Crippen molar-refractivity contribution in [2.75, 3.05) is 18.0 Å². The Morgan fingerprint density at radius 2 is 2.42 bits per heavy atom. The second-order valence-corrected chi connectivity index (χ2v) is 6.31. The van der Waals surface area contributed by atoms with Gasteiger partial charge in [-0.2, -0.15) is 0 Å². The van der Waals surface area contributed by atoms with Gasteiger partial charge in [-0.25, -0.2) is 4.98 Å². The summed E-state index contributed by atoms with van der Waals surface area (Å²) < 4.78 is 0. The first-order valence-corrected chi connectivity index (χ1v) is 8.08. The van der Waals surface area contributed by atoms with Gasteiger partial charge in [-0.15, -0.1) is 22.7 Å². The summed E-state index contributed by atoms with van der Waals surface area (Å²) in [6.07, 6.45) is 4.11. The first kappa shape index (κ1) is 12.6. The highest BCUT2D eigenvalue weighted by molar-refractivity contribution is 7.13. The molecule has 1 saturated heterocycles. The van der Waals surface area contributed by atoms with E-state index in [-0.39, 0.29) is 5.91 Å². The third-order valence-corrected chi connectivity index (χ3v) is 4.96. The van der Waals surface area contributed by atoms with Crippen molar-refractivity contribution in [3.63, 3.8) is 0 Å². The Morgan fingerprint density at radius 1 is 1.47 bits per heavy atom. The lowest BCUT2D eigenvalue weighted by atomic mass is 10.2. The second kappa shape index (κ2) is 5.71. The first-order chi connectivity index (χ1) is 9.34. The van der Waals surface area contributed by atoms with E-state index >= 15 is 0 Å². The Balaban J connectivity index is 1.59. The van der Waals surface area contributed by atoms with Gasteiger partial charge in [-0.1, -0.05) is 6.07 Å². The highest BCUT2D eigenvalue weighted by Crippen LogP contribution is 2.26. The number of rotatable bonds is 4. The zero-order valence-corrected chi connectivity index (χ0v) is 12.0. The van der Waals surface area contributed by atoms with Crippen LogP contribution in [0.25, 0.3) is 0 Å². The zero-order valence-electron chi connectivity index (χ0n) is 10.4. The molecule has 0 saturated carbocycles. The molecule has 0 spiro atoms. The minimum atomic E-state index is 0.0287. The molecule has 0 radical (unpaired) electrons. The number of carbonyl (C=O) groups is 1. The summed E-state index contributed by atoms with van der Waals surface area (Å²) in [4.78, 5) is 19.4. The smallest absolute Gasteiger partial charge is 0.261 e. The van der Waals surface area contributed by atoms with Gasteiger partial charge in [0.2, 0.25) is 0 Å². The number of nitrogens with zero attached hydrogens (tertiary/aromatic N) is 2. The second-order valence-electron chi connectivity index (χ2n) is 4.49. The van der Waals surface area contributed by atoms with Gasteiger partial charge in [0.15, 0.2) is 5.13 Å². The maximum absolute atomic E-state index is 11.9. The molecule has 0 aromatic carbocycles. The van der Waals surface area contributed by atoms with Crippen LogP contribution in [0, 0.1) is 0 Å². The maximum atomic E-state index is 11.9. The third kappa shape index (κ3) is 2.79. The van der Waals surface area contributed by atoms with E-state index in [0.717, 1.165) is 23.0 Å². The van der Waals surface area contributed by atoms with Gasteiger partial charge in [0, 0.05) is 30.7 Å². The number of thiazole rings is 1. The van der Waals surface area contributed by atoms with Crippen molar-refractivity contribution in [2.45, 2.75) is 18.9 Å². The Hall–Kier alpha value is -1.40. The molecule has 1 fully saturated rings. The monoisotopic (exact) mass is 293 g/mol. The SMILES string of the molecule is O=C(NC[C@H]1CCCN1c1nccs1)c1cccs1. The highest BCUT2D eigenvalue weighted by Gasteiger charge is 2.26. The van der Waals surface area contributed by atoms with Gasteiger partial charge < -0.3 is 10.2 Å². The van der Waals surface area contributed by atoms with E-state index in [4.69, 9.17) is 0 Å². The van der Waals surface area contributed by atoms with E-state index in [9.17, 15) is 4.79 Å². The summed E-state index contributed by atoms with van der Waals surface area (Å²) >= 11 is 3.14. The molecule has 1 N–H and O–H groups in total. The van der Waals surface area contributed by atoms with Crippen LogP contribution < -0.4 is 10.2 Å². The van der Waals surface area contributed by atoms with Crippen LogP contribution in [0.2, 0.25) is 0 Å². The molecule has 6 heteroatoms. The number of amides is 1. The fraction of sp³-hybridized carbons (Fsp3) is 0.385. The van der Waals surface area contributed by atoms with E-state index in [1.54, 1.807) is 11.3 Å². The molecule has 0 aliphatic carbocycles. The molecule has 0 unspecified atom stereocenters. The molecule has 1 atom stereocenters. The lowest BCUT2D eigenvalue weighted by Gasteiger charge is -2.24. The third-order valence-electron chi connectivity index (χ3n) is 3.29. The number of hydrogen-bond acceptors (Lipinski definition) is 5. The van der Waals surface area contributed by atoms with Crippen LogP contribution in [0.4, 0.5) is 5.13 Å². The van der Waals surface area contributed by atoms with Crippen LogP contribution in [0.5, 0.6) is 0 Å². The highest BCUT2D eigenvalue weighted by atomic mass is 32.1. The van der Waals surface area contributed by atoms with Crippen molar-refractivity contribution in [1.29, 1.82) is 0 Å². The summed E-state index contributed by atoms with van der Waals surface area (Å²) in [6, 6.07) is 4.12. The molecule has 1 aliphatic heterocycles. The van der Waals surface area contributed by atoms with E-state index in [0.29, 0.717) is 12.6 Å². The Morgan fingerprint density at radius 3 is 3.16 bits per heavy atom. The molecule has 1 amide bonds. The number of nitrogens with one attached hydrogen (secondary N) is 1. The molecule has 1 aliphatic rings. The maximum Gasteiger partial charge on any atom is 0.261 e. The molecular formula is C13H15N3OS2. The Kier molecular flexibility index (Phi) is 3.79. The summed E-state index contributed by atoms with van der Waals surface area (Å²) in [5, 5.41) is 8.01. The number of thiophene rings is 1. The van der Waals surface area contributed by atoms with Gasteiger partial charge in [0.05, 0.1) is 4.88 Å². The van der Waals surface area contributed by atoms with Crippen molar-refractivity contribution < 1.29 is 4.79 Å². The summed E-state index contributed by atoms with van der Waals surface area (Å²) in [6.45, 7) is 1.73. The normalized spacial score (nSPS) is 18.7. The van der Waals surface area contributed by atoms with Crippen molar-refractivity contribution >= 4 is 33.7 Å². The minimum Gasteiger partial charge on any atom is -0.349 e. The van der Waals surface area contributed by atoms with Gasteiger partial charge in [-0.3, -0.25) is 4.79 Å². The molecule has 3 rings (SSSR count). The first-order valence-electron chi connectivity index (χ1n) is 6.32. The molecule has 0 bridgehead atoms. The number of hydrogen-bond donors (Lipinski definition) is 1. The molecule has 2 aromatic rings. The van der Waals surface area contributed by atoms with Crippen LogP contribution >= 0.6 is 22.7 Å². The molecule has 3 heterocycles. The lowest BCUT2D eigenvalue weighted by Crippen LogP contribution is -2.40. The van der Waals surface area contributed by atoms with Crippen LogP contribution in [0.3, 0.4) is 0 Å². The van der Waals surface area contributed by atoms with E-state index in [1.807, 2.05) is 29.1 Å². The quantitative estimate of drug-likeness (QED) is 0.942. The predicted octanol–water partition coefficient (Wildman–Crippen LogP) is 2.60. The Bertz CT molecular complexity index is 524. The summed E-state index contributed by atoms with van der Waals surface area (Å²) in [7, 11) is 0. The number of anilines is 1. The summed E-state index contributed by atoms with van der Waals surface area (Å²) in [5.74, 6) is 0.0287. The molecule has 2 aromatic heterocycles. The Labute approximate surface area is 120 Å². The lowest BCUT2D eigenvalue weighted by molar-refractivity contribution is 0.0955. The topological polar surface area (TPSA) is 45.2 Å². The van der Waals surface area contributed by atoms with E-state index < -0.39 is 0 Å². The van der Waals surface area contributed by atoms with Gasteiger partial charge in [0.25, 0.3) is 5.91 Å². The average molecular weight is 293 g/mol. The van der Waals surface area contributed by atoms with E-state index in [2.05, 4.69) is 15.2 Å². The molecule has 100 valence electrons. The molecular weight excluding hydrogens is 278 g/mol. The standard InChI is InChI=1S/C13H15N3OS2/c17-12(11-4-2-7-18-11)15-9-10-3-1-6-16(10)13-14-5-8-19-13/h2,4-5,7-8,10H,1,3,6,9H2,(H,15,17)/t10-/m1/s1. The van der Waals surface area contributed by atoms with E-state index in [1.165, 1.54) is 17.8 Å².